The van der Waals surface area contributed by atoms with Crippen LogP contribution < -0.4 is 5.32 Å². The summed E-state index contributed by atoms with van der Waals surface area (Å²) in [6.07, 6.45) is 3.73. The van der Waals surface area contributed by atoms with Crippen LogP contribution >= 0.6 is 24.8 Å². The van der Waals surface area contributed by atoms with Gasteiger partial charge in [-0.15, -0.1) is 24.8 Å². The van der Waals surface area contributed by atoms with Crippen molar-refractivity contribution in [3.63, 3.8) is 0 Å². The van der Waals surface area contributed by atoms with E-state index in [4.69, 9.17) is 4.74 Å². The summed E-state index contributed by atoms with van der Waals surface area (Å²) in [6, 6.07) is 10.6. The van der Waals surface area contributed by atoms with Gasteiger partial charge in [0.05, 0.1) is 0 Å². The van der Waals surface area contributed by atoms with Gasteiger partial charge in [-0.1, -0.05) is 30.3 Å². The topological polar surface area (TPSA) is 44.8 Å². The van der Waals surface area contributed by atoms with Crippen LogP contribution in [0.15, 0.2) is 30.3 Å². The summed E-state index contributed by atoms with van der Waals surface area (Å²) in [5, 5.41) is 3.32. The minimum Gasteiger partial charge on any atom is -0.368 e. The van der Waals surface area contributed by atoms with E-state index in [2.05, 4.69) is 47.6 Å². The van der Waals surface area contributed by atoms with Crippen molar-refractivity contribution in [2.75, 3.05) is 46.9 Å². The third kappa shape index (κ3) is 6.33. The highest BCUT2D eigenvalue weighted by Crippen LogP contribution is 2.28. The summed E-state index contributed by atoms with van der Waals surface area (Å²) in [6.45, 7) is 5.53. The molecule has 0 bridgehead atoms. The van der Waals surface area contributed by atoms with Gasteiger partial charge in [0.25, 0.3) is 5.91 Å². The van der Waals surface area contributed by atoms with Crippen LogP contribution in [-0.4, -0.2) is 68.2 Å². The predicted molar refractivity (Wildman–Crippen MR) is 118 cm³/mol. The molecule has 0 atom stereocenters. The second kappa shape index (κ2) is 12.0. The van der Waals surface area contributed by atoms with Crippen LogP contribution in [0.4, 0.5) is 0 Å². The first-order valence-corrected chi connectivity index (χ1v) is 9.91. The summed E-state index contributed by atoms with van der Waals surface area (Å²) in [5.74, 6) is 0.872. The van der Waals surface area contributed by atoms with Gasteiger partial charge in [-0.3, -0.25) is 4.79 Å². The SMILES string of the molecule is COC1(C(=O)N2CCC(CN(C)Cc3ccccc3)CC2)CCNCC1.Cl.Cl. The van der Waals surface area contributed by atoms with Crippen LogP contribution in [0.3, 0.4) is 0 Å². The van der Waals surface area contributed by atoms with Gasteiger partial charge in [0.2, 0.25) is 0 Å². The van der Waals surface area contributed by atoms with E-state index in [1.54, 1.807) is 7.11 Å². The Hall–Kier alpha value is -0.850. The molecule has 0 spiro atoms. The van der Waals surface area contributed by atoms with E-state index in [1.807, 2.05) is 4.90 Å². The Morgan fingerprint density at radius 2 is 1.79 bits per heavy atom. The monoisotopic (exact) mass is 431 g/mol. The average Bonchev–Trinajstić information content (AvgIpc) is 2.69. The Balaban J connectivity index is 0.00000196. The molecule has 5 nitrogen and oxygen atoms in total. The average molecular weight is 432 g/mol. The Labute approximate surface area is 182 Å². The minimum atomic E-state index is -0.595. The maximum absolute atomic E-state index is 13.0. The zero-order chi connectivity index (χ0) is 18.4. The number of nitrogens with zero attached hydrogens (tertiary/aromatic N) is 2. The highest BCUT2D eigenvalue weighted by molar-refractivity contribution is 5.86. The van der Waals surface area contributed by atoms with Gasteiger partial charge >= 0.3 is 0 Å². The molecule has 2 aliphatic heterocycles. The molecule has 0 radical (unpaired) electrons. The number of hydrogen-bond donors (Lipinski definition) is 1. The van der Waals surface area contributed by atoms with Gasteiger partial charge in [0.15, 0.2) is 0 Å². The van der Waals surface area contributed by atoms with Crippen molar-refractivity contribution in [1.82, 2.24) is 15.1 Å². The van der Waals surface area contributed by atoms with E-state index < -0.39 is 5.60 Å². The molecule has 28 heavy (non-hydrogen) atoms. The molecular weight excluding hydrogens is 397 g/mol. The van der Waals surface area contributed by atoms with Crippen molar-refractivity contribution >= 4 is 30.7 Å². The molecule has 2 saturated heterocycles. The Morgan fingerprint density at radius 3 is 2.36 bits per heavy atom. The van der Waals surface area contributed by atoms with Crippen LogP contribution in [0.1, 0.15) is 31.2 Å². The number of halogens is 2. The number of likely N-dealkylation sites (tertiary alicyclic amines) is 1. The number of piperidine rings is 2. The third-order valence-electron chi connectivity index (χ3n) is 5.96. The molecule has 0 aromatic heterocycles. The Bertz CT molecular complexity index is 574. The van der Waals surface area contributed by atoms with E-state index in [0.717, 1.165) is 65.0 Å². The highest BCUT2D eigenvalue weighted by atomic mass is 35.5. The predicted octanol–water partition coefficient (Wildman–Crippen LogP) is 2.97. The lowest BCUT2D eigenvalue weighted by Crippen LogP contribution is -2.56. The van der Waals surface area contributed by atoms with E-state index >= 15 is 0 Å². The number of benzene rings is 1. The second-order valence-electron chi connectivity index (χ2n) is 7.87. The molecule has 2 heterocycles. The lowest BCUT2D eigenvalue weighted by Gasteiger charge is -2.41. The van der Waals surface area contributed by atoms with Crippen LogP contribution in [0.5, 0.6) is 0 Å². The van der Waals surface area contributed by atoms with E-state index in [-0.39, 0.29) is 30.7 Å². The van der Waals surface area contributed by atoms with Gasteiger partial charge in [-0.2, -0.15) is 0 Å². The minimum absolute atomic E-state index is 0. The lowest BCUT2D eigenvalue weighted by molar-refractivity contribution is -0.159. The van der Waals surface area contributed by atoms with Crippen molar-refractivity contribution < 1.29 is 9.53 Å². The molecule has 2 fully saturated rings. The van der Waals surface area contributed by atoms with Gasteiger partial charge in [0, 0.05) is 33.3 Å². The van der Waals surface area contributed by atoms with Gasteiger partial charge in [0.1, 0.15) is 5.60 Å². The number of nitrogens with one attached hydrogen (secondary N) is 1. The molecule has 0 saturated carbocycles. The summed E-state index contributed by atoms with van der Waals surface area (Å²) < 4.78 is 5.71. The summed E-state index contributed by atoms with van der Waals surface area (Å²) in [5.41, 5.74) is 0.762. The largest absolute Gasteiger partial charge is 0.368 e. The number of rotatable bonds is 6. The van der Waals surface area contributed by atoms with Crippen LogP contribution in [-0.2, 0) is 16.1 Å². The number of amides is 1. The fourth-order valence-electron chi connectivity index (χ4n) is 4.34. The number of hydrogen-bond acceptors (Lipinski definition) is 4. The fourth-order valence-corrected chi connectivity index (χ4v) is 4.34. The smallest absolute Gasteiger partial charge is 0.254 e. The molecule has 7 heteroatoms. The number of carbonyl (C=O) groups excluding carboxylic acids is 1. The second-order valence-corrected chi connectivity index (χ2v) is 7.87. The quantitative estimate of drug-likeness (QED) is 0.751. The number of methoxy groups -OCH3 is 1. The molecular formula is C21H35Cl2N3O2. The first-order chi connectivity index (χ1) is 12.6. The van der Waals surface area contributed by atoms with Crippen LogP contribution in [0, 0.1) is 5.92 Å². The molecule has 1 aromatic carbocycles. The molecule has 0 aliphatic carbocycles. The first-order valence-electron chi connectivity index (χ1n) is 9.91. The van der Waals surface area contributed by atoms with Crippen molar-refractivity contribution in [2.24, 2.45) is 5.92 Å². The standard InChI is InChI=1S/C21H33N3O2.2ClH/c1-23(16-18-6-4-3-5-7-18)17-19-8-14-24(15-9-19)20(25)21(26-2)10-12-22-13-11-21;;/h3-7,19,22H,8-17H2,1-2H3;2*1H. The highest BCUT2D eigenvalue weighted by Gasteiger charge is 2.43. The maximum Gasteiger partial charge on any atom is 0.254 e. The number of carbonyl (C=O) groups is 1. The Kier molecular flexibility index (Phi) is 10.8. The van der Waals surface area contributed by atoms with Crippen molar-refractivity contribution in [3.05, 3.63) is 35.9 Å². The zero-order valence-electron chi connectivity index (χ0n) is 17.1. The van der Waals surface area contributed by atoms with Crippen molar-refractivity contribution in [1.29, 1.82) is 0 Å². The molecule has 2 aliphatic rings. The van der Waals surface area contributed by atoms with Gasteiger partial charge < -0.3 is 19.9 Å². The van der Waals surface area contributed by atoms with Crippen LogP contribution in [0.2, 0.25) is 0 Å². The van der Waals surface area contributed by atoms with E-state index in [1.165, 1.54) is 5.56 Å². The number of ether oxygens (including phenoxy) is 1. The third-order valence-corrected chi connectivity index (χ3v) is 5.96. The fraction of sp³-hybridized carbons (Fsp3) is 0.667. The Morgan fingerprint density at radius 1 is 1.18 bits per heavy atom. The van der Waals surface area contributed by atoms with Crippen molar-refractivity contribution in [2.45, 2.75) is 37.8 Å². The van der Waals surface area contributed by atoms with Gasteiger partial charge in [-0.25, -0.2) is 0 Å². The van der Waals surface area contributed by atoms with Crippen molar-refractivity contribution in [3.8, 4) is 0 Å². The summed E-state index contributed by atoms with van der Waals surface area (Å²) in [7, 11) is 3.88. The summed E-state index contributed by atoms with van der Waals surface area (Å²) >= 11 is 0. The maximum atomic E-state index is 13.0. The zero-order valence-corrected chi connectivity index (χ0v) is 18.7. The van der Waals surface area contributed by atoms with E-state index in [0.29, 0.717) is 5.92 Å². The molecule has 3 rings (SSSR count). The first kappa shape index (κ1) is 25.2. The summed E-state index contributed by atoms with van der Waals surface area (Å²) in [4.78, 5) is 17.5. The molecule has 1 N–H and O–H groups in total. The van der Waals surface area contributed by atoms with E-state index in [9.17, 15) is 4.79 Å². The van der Waals surface area contributed by atoms with Crippen LogP contribution in [0.25, 0.3) is 0 Å². The lowest BCUT2D eigenvalue weighted by atomic mass is 9.88. The molecule has 0 unspecified atom stereocenters. The molecule has 1 amide bonds. The molecule has 160 valence electrons. The normalized spacial score (nSPS) is 19.6. The van der Waals surface area contributed by atoms with Gasteiger partial charge in [-0.05, 0) is 57.3 Å². The molecule has 1 aromatic rings.